The second-order valence-corrected chi connectivity index (χ2v) is 6.81. The molecule has 1 heterocycles. The van der Waals surface area contributed by atoms with Crippen molar-refractivity contribution in [3.8, 4) is 0 Å². The third-order valence-corrected chi connectivity index (χ3v) is 4.49. The SMILES string of the molecule is CC(C)(OC(N)=O)C(CCc1ccccc1)Cc1cncc(CO)c1. The van der Waals surface area contributed by atoms with Gasteiger partial charge in [0.25, 0.3) is 0 Å². The van der Waals surface area contributed by atoms with Gasteiger partial charge in [0.1, 0.15) is 5.60 Å². The summed E-state index contributed by atoms with van der Waals surface area (Å²) >= 11 is 0. The fraction of sp³-hybridized carbons (Fsp3) is 0.400. The topological polar surface area (TPSA) is 85.4 Å². The first-order chi connectivity index (χ1) is 11.9. The second-order valence-electron chi connectivity index (χ2n) is 6.81. The molecule has 134 valence electrons. The fourth-order valence-corrected chi connectivity index (χ4v) is 3.05. The molecular weight excluding hydrogens is 316 g/mol. The maximum atomic E-state index is 11.3. The number of carbonyl (C=O) groups is 1. The molecule has 0 bridgehead atoms. The monoisotopic (exact) mass is 342 g/mol. The number of pyridine rings is 1. The summed E-state index contributed by atoms with van der Waals surface area (Å²) in [5.41, 5.74) is 7.57. The molecule has 3 N–H and O–H groups in total. The molecule has 0 aliphatic heterocycles. The van der Waals surface area contributed by atoms with Crippen LogP contribution in [-0.2, 0) is 24.2 Å². The van der Waals surface area contributed by atoms with Crippen LogP contribution in [0.4, 0.5) is 4.79 Å². The lowest BCUT2D eigenvalue weighted by Crippen LogP contribution is -2.40. The van der Waals surface area contributed by atoms with Crippen LogP contribution in [0.3, 0.4) is 0 Å². The van der Waals surface area contributed by atoms with E-state index in [9.17, 15) is 9.90 Å². The van der Waals surface area contributed by atoms with Crippen LogP contribution in [-0.4, -0.2) is 21.8 Å². The van der Waals surface area contributed by atoms with Crippen molar-refractivity contribution in [3.63, 3.8) is 0 Å². The number of aryl methyl sites for hydroxylation is 1. The van der Waals surface area contributed by atoms with Gasteiger partial charge in [0.15, 0.2) is 0 Å². The number of nitrogens with zero attached hydrogens (tertiary/aromatic N) is 1. The number of rotatable bonds is 8. The lowest BCUT2D eigenvalue weighted by atomic mass is 9.81. The highest BCUT2D eigenvalue weighted by Crippen LogP contribution is 2.29. The summed E-state index contributed by atoms with van der Waals surface area (Å²) in [6, 6.07) is 12.1. The van der Waals surface area contributed by atoms with Crippen LogP contribution in [0.15, 0.2) is 48.8 Å². The predicted molar refractivity (Wildman–Crippen MR) is 96.9 cm³/mol. The predicted octanol–water partition coefficient (Wildman–Crippen LogP) is 3.24. The summed E-state index contributed by atoms with van der Waals surface area (Å²) in [4.78, 5) is 15.5. The maximum absolute atomic E-state index is 11.3. The van der Waals surface area contributed by atoms with Crippen LogP contribution in [0.2, 0.25) is 0 Å². The molecule has 0 aliphatic rings. The van der Waals surface area contributed by atoms with Crippen LogP contribution >= 0.6 is 0 Å². The molecular formula is C20H26N2O3. The molecule has 0 saturated carbocycles. The molecule has 1 amide bonds. The minimum atomic E-state index is -0.767. The molecule has 5 nitrogen and oxygen atoms in total. The summed E-state index contributed by atoms with van der Waals surface area (Å²) in [6.45, 7) is 3.73. The van der Waals surface area contributed by atoms with Gasteiger partial charge in [0.2, 0.25) is 0 Å². The molecule has 5 heteroatoms. The molecule has 1 unspecified atom stereocenters. The van der Waals surface area contributed by atoms with E-state index in [1.165, 1.54) is 5.56 Å². The van der Waals surface area contributed by atoms with E-state index in [-0.39, 0.29) is 12.5 Å². The Bertz CT molecular complexity index is 686. The molecule has 25 heavy (non-hydrogen) atoms. The first-order valence-corrected chi connectivity index (χ1v) is 8.46. The fourth-order valence-electron chi connectivity index (χ4n) is 3.05. The number of aliphatic hydroxyl groups excluding tert-OH is 1. The molecule has 2 aromatic rings. The van der Waals surface area contributed by atoms with Crippen molar-refractivity contribution in [2.75, 3.05) is 0 Å². The van der Waals surface area contributed by atoms with Crippen molar-refractivity contribution < 1.29 is 14.6 Å². The number of carbonyl (C=O) groups excluding carboxylic acids is 1. The number of nitrogens with two attached hydrogens (primary N) is 1. The Balaban J connectivity index is 2.16. The summed E-state index contributed by atoms with van der Waals surface area (Å²) in [6.07, 6.45) is 5.07. The molecule has 2 rings (SSSR count). The van der Waals surface area contributed by atoms with E-state index in [2.05, 4.69) is 17.1 Å². The maximum Gasteiger partial charge on any atom is 0.405 e. The van der Waals surface area contributed by atoms with Crippen LogP contribution in [0.5, 0.6) is 0 Å². The molecule has 1 atom stereocenters. The Hall–Kier alpha value is -2.40. The third-order valence-electron chi connectivity index (χ3n) is 4.49. The number of ether oxygens (including phenoxy) is 1. The van der Waals surface area contributed by atoms with Crippen molar-refractivity contribution in [2.45, 2.75) is 45.3 Å². The average molecular weight is 342 g/mol. The van der Waals surface area contributed by atoms with Gasteiger partial charge in [-0.05, 0) is 49.8 Å². The molecule has 0 radical (unpaired) electrons. The number of aliphatic hydroxyl groups is 1. The van der Waals surface area contributed by atoms with Gasteiger partial charge in [0, 0.05) is 18.3 Å². The highest BCUT2D eigenvalue weighted by atomic mass is 16.6. The molecule has 0 fully saturated rings. The van der Waals surface area contributed by atoms with Gasteiger partial charge < -0.3 is 15.6 Å². The van der Waals surface area contributed by atoms with E-state index in [0.29, 0.717) is 6.42 Å². The number of benzene rings is 1. The zero-order valence-corrected chi connectivity index (χ0v) is 14.8. The number of hydrogen-bond donors (Lipinski definition) is 2. The van der Waals surface area contributed by atoms with E-state index in [4.69, 9.17) is 10.5 Å². The van der Waals surface area contributed by atoms with Gasteiger partial charge in [-0.1, -0.05) is 36.4 Å². The van der Waals surface area contributed by atoms with Crippen molar-refractivity contribution in [3.05, 3.63) is 65.5 Å². The smallest absolute Gasteiger partial charge is 0.405 e. The second kappa shape index (κ2) is 8.62. The Labute approximate surface area is 148 Å². The number of amides is 1. The van der Waals surface area contributed by atoms with Crippen molar-refractivity contribution >= 4 is 6.09 Å². The minimum absolute atomic E-state index is 0.0449. The average Bonchev–Trinajstić information content (AvgIpc) is 2.58. The highest BCUT2D eigenvalue weighted by molar-refractivity contribution is 5.65. The van der Waals surface area contributed by atoms with Gasteiger partial charge in [-0.2, -0.15) is 0 Å². The van der Waals surface area contributed by atoms with E-state index < -0.39 is 11.7 Å². The van der Waals surface area contributed by atoms with E-state index in [1.54, 1.807) is 12.4 Å². The number of aromatic nitrogens is 1. The van der Waals surface area contributed by atoms with E-state index in [1.807, 2.05) is 38.1 Å². The summed E-state index contributed by atoms with van der Waals surface area (Å²) in [7, 11) is 0. The Morgan fingerprint density at radius 1 is 1.20 bits per heavy atom. The molecule has 1 aromatic heterocycles. The van der Waals surface area contributed by atoms with Crippen LogP contribution in [0.1, 0.15) is 37.0 Å². The summed E-state index contributed by atoms with van der Waals surface area (Å²) in [5, 5.41) is 9.30. The van der Waals surface area contributed by atoms with Gasteiger partial charge in [-0.15, -0.1) is 0 Å². The number of primary amides is 1. The van der Waals surface area contributed by atoms with Crippen molar-refractivity contribution in [1.29, 1.82) is 0 Å². The van der Waals surface area contributed by atoms with Gasteiger partial charge in [-0.25, -0.2) is 4.79 Å². The van der Waals surface area contributed by atoms with Crippen LogP contribution in [0.25, 0.3) is 0 Å². The Morgan fingerprint density at radius 2 is 1.88 bits per heavy atom. The van der Waals surface area contributed by atoms with Gasteiger partial charge >= 0.3 is 6.09 Å². The number of hydrogen-bond acceptors (Lipinski definition) is 4. The Kier molecular flexibility index (Phi) is 6.53. The summed E-state index contributed by atoms with van der Waals surface area (Å²) < 4.78 is 5.39. The van der Waals surface area contributed by atoms with Crippen molar-refractivity contribution in [2.24, 2.45) is 11.7 Å². The van der Waals surface area contributed by atoms with Gasteiger partial charge in [-0.3, -0.25) is 4.98 Å². The Morgan fingerprint density at radius 3 is 2.52 bits per heavy atom. The lowest BCUT2D eigenvalue weighted by molar-refractivity contribution is -0.00427. The lowest BCUT2D eigenvalue weighted by Gasteiger charge is -2.33. The van der Waals surface area contributed by atoms with Crippen LogP contribution in [0, 0.1) is 5.92 Å². The van der Waals surface area contributed by atoms with Crippen LogP contribution < -0.4 is 5.73 Å². The largest absolute Gasteiger partial charge is 0.443 e. The van der Waals surface area contributed by atoms with Crippen molar-refractivity contribution in [1.82, 2.24) is 4.98 Å². The normalized spacial score (nSPS) is 12.6. The quantitative estimate of drug-likeness (QED) is 0.771. The molecule has 0 saturated heterocycles. The van der Waals surface area contributed by atoms with E-state index >= 15 is 0 Å². The zero-order valence-electron chi connectivity index (χ0n) is 14.8. The molecule has 0 aliphatic carbocycles. The first-order valence-electron chi connectivity index (χ1n) is 8.46. The molecule has 1 aromatic carbocycles. The minimum Gasteiger partial charge on any atom is -0.443 e. The third kappa shape index (κ3) is 5.87. The molecule has 0 spiro atoms. The zero-order chi connectivity index (χ0) is 18.3. The first kappa shape index (κ1) is 18.9. The highest BCUT2D eigenvalue weighted by Gasteiger charge is 2.32. The summed E-state index contributed by atoms with van der Waals surface area (Å²) in [5.74, 6) is 0.0657. The van der Waals surface area contributed by atoms with E-state index in [0.717, 1.165) is 24.0 Å². The van der Waals surface area contributed by atoms with Gasteiger partial charge in [0.05, 0.1) is 6.61 Å². The standard InChI is InChI=1S/C20H26N2O3/c1-20(2,25-19(21)24)18(9-8-15-6-4-3-5-7-15)11-16-10-17(14-23)13-22-12-16/h3-7,10,12-13,18,23H,8-9,11,14H2,1-2H3,(H2,21,24).